The molecule has 2 rings (SSSR count). The Morgan fingerprint density at radius 3 is 2.83 bits per heavy atom. The molecule has 0 bridgehead atoms. The molecule has 1 aromatic heterocycles. The number of para-hydroxylation sites is 1. The number of hydrogen-bond acceptors (Lipinski definition) is 4. The predicted molar refractivity (Wildman–Crippen MR) is 71.4 cm³/mol. The molecule has 0 aliphatic rings. The molecule has 2 aromatic rings. The first-order valence-electron chi connectivity index (χ1n) is 6.01. The predicted octanol–water partition coefficient (Wildman–Crippen LogP) is 2.38. The van der Waals surface area contributed by atoms with Gasteiger partial charge in [0.25, 0.3) is 0 Å². The first-order valence-corrected chi connectivity index (χ1v) is 6.01. The van der Waals surface area contributed by atoms with Gasteiger partial charge in [0.15, 0.2) is 0 Å². The van der Waals surface area contributed by atoms with Crippen LogP contribution < -0.4 is 10.5 Å². The molecule has 0 fully saturated rings. The molecule has 4 heteroatoms. The van der Waals surface area contributed by atoms with Crippen LogP contribution in [0.25, 0.3) is 0 Å². The fourth-order valence-electron chi connectivity index (χ4n) is 1.67. The first kappa shape index (κ1) is 12.4. The Bertz CT molecular complexity index is 514. The fourth-order valence-corrected chi connectivity index (χ4v) is 1.67. The fraction of sp³-hybridized carbons (Fsp3) is 0.286. The third-order valence-corrected chi connectivity index (χ3v) is 2.62. The monoisotopic (exact) mass is 243 g/mol. The van der Waals surface area contributed by atoms with Crippen LogP contribution in [0.15, 0.2) is 36.5 Å². The van der Waals surface area contributed by atoms with Gasteiger partial charge in [-0.15, -0.1) is 0 Å². The van der Waals surface area contributed by atoms with E-state index in [0.29, 0.717) is 12.4 Å². The highest BCUT2D eigenvalue weighted by Crippen LogP contribution is 2.16. The highest BCUT2D eigenvalue weighted by Gasteiger charge is 2.00. The molecule has 1 aromatic carbocycles. The van der Waals surface area contributed by atoms with Gasteiger partial charge in [-0.1, -0.05) is 18.2 Å². The Kier molecular flexibility index (Phi) is 4.12. The van der Waals surface area contributed by atoms with E-state index in [-0.39, 0.29) is 0 Å². The quantitative estimate of drug-likeness (QED) is 0.819. The van der Waals surface area contributed by atoms with E-state index >= 15 is 0 Å². The molecule has 0 spiro atoms. The lowest BCUT2D eigenvalue weighted by Gasteiger charge is -2.08. The van der Waals surface area contributed by atoms with Crippen molar-refractivity contribution in [2.75, 3.05) is 12.3 Å². The van der Waals surface area contributed by atoms with Crippen LogP contribution in [-0.2, 0) is 6.42 Å². The molecular weight excluding hydrogens is 226 g/mol. The number of ether oxygens (including phenoxy) is 1. The number of nitrogen functional groups attached to an aromatic ring is 1. The second kappa shape index (κ2) is 6.00. The number of nitrogens with two attached hydrogens (primary N) is 1. The summed E-state index contributed by atoms with van der Waals surface area (Å²) in [5.41, 5.74) is 6.74. The maximum absolute atomic E-state index is 5.70. The summed E-state index contributed by atoms with van der Waals surface area (Å²) in [6.45, 7) is 2.69. The normalized spacial score (nSPS) is 10.3. The molecule has 0 unspecified atom stereocenters. The van der Waals surface area contributed by atoms with Crippen molar-refractivity contribution in [2.45, 2.75) is 19.8 Å². The van der Waals surface area contributed by atoms with Gasteiger partial charge < -0.3 is 10.5 Å². The molecule has 0 amide bonds. The van der Waals surface area contributed by atoms with Crippen molar-refractivity contribution in [1.82, 2.24) is 9.97 Å². The average Bonchev–Trinajstić information content (AvgIpc) is 2.37. The van der Waals surface area contributed by atoms with E-state index in [0.717, 1.165) is 30.0 Å². The minimum Gasteiger partial charge on any atom is -0.493 e. The summed E-state index contributed by atoms with van der Waals surface area (Å²) in [6.07, 6.45) is 3.33. The largest absolute Gasteiger partial charge is 0.493 e. The van der Waals surface area contributed by atoms with Gasteiger partial charge in [-0.25, -0.2) is 9.97 Å². The van der Waals surface area contributed by atoms with Gasteiger partial charge in [0.2, 0.25) is 0 Å². The summed E-state index contributed by atoms with van der Waals surface area (Å²) in [5, 5.41) is 0. The SMILES string of the molecule is Cc1ccccc1OCCCc1nccc(N)n1. The second-order valence-electron chi connectivity index (χ2n) is 4.12. The van der Waals surface area contributed by atoms with Crippen molar-refractivity contribution in [3.05, 3.63) is 47.9 Å². The summed E-state index contributed by atoms with van der Waals surface area (Å²) in [5.74, 6) is 2.22. The van der Waals surface area contributed by atoms with Crippen molar-refractivity contribution < 1.29 is 4.74 Å². The Labute approximate surface area is 107 Å². The van der Waals surface area contributed by atoms with Crippen molar-refractivity contribution in [3.8, 4) is 5.75 Å². The van der Waals surface area contributed by atoms with Gasteiger partial charge in [0.1, 0.15) is 17.4 Å². The highest BCUT2D eigenvalue weighted by atomic mass is 16.5. The topological polar surface area (TPSA) is 61.0 Å². The van der Waals surface area contributed by atoms with E-state index in [2.05, 4.69) is 9.97 Å². The third-order valence-electron chi connectivity index (χ3n) is 2.62. The van der Waals surface area contributed by atoms with E-state index in [9.17, 15) is 0 Å². The molecule has 2 N–H and O–H groups in total. The standard InChI is InChI=1S/C14H17N3O/c1-11-5-2-3-6-12(11)18-10-4-7-14-16-9-8-13(15)17-14/h2-3,5-6,8-9H,4,7,10H2,1H3,(H2,15,16,17). The number of benzene rings is 1. The molecule has 0 aliphatic carbocycles. The molecule has 1 heterocycles. The van der Waals surface area contributed by atoms with E-state index in [4.69, 9.17) is 10.5 Å². The smallest absolute Gasteiger partial charge is 0.130 e. The van der Waals surface area contributed by atoms with Crippen LogP contribution >= 0.6 is 0 Å². The van der Waals surface area contributed by atoms with Crippen molar-refractivity contribution in [3.63, 3.8) is 0 Å². The van der Waals surface area contributed by atoms with Gasteiger partial charge in [0, 0.05) is 12.6 Å². The Hall–Kier alpha value is -2.10. The molecule has 94 valence electrons. The summed E-state index contributed by atoms with van der Waals surface area (Å²) in [6, 6.07) is 9.68. The Morgan fingerprint density at radius 2 is 2.06 bits per heavy atom. The summed E-state index contributed by atoms with van der Waals surface area (Å²) in [7, 11) is 0. The minimum absolute atomic E-state index is 0.514. The van der Waals surface area contributed by atoms with Gasteiger partial charge in [0.05, 0.1) is 6.61 Å². The summed E-state index contributed by atoms with van der Waals surface area (Å²) < 4.78 is 5.70. The Balaban J connectivity index is 1.78. The maximum atomic E-state index is 5.70. The molecule has 0 saturated carbocycles. The van der Waals surface area contributed by atoms with Crippen LogP contribution in [-0.4, -0.2) is 16.6 Å². The van der Waals surface area contributed by atoms with Crippen LogP contribution in [0.4, 0.5) is 5.82 Å². The summed E-state index contributed by atoms with van der Waals surface area (Å²) in [4.78, 5) is 8.30. The first-order chi connectivity index (χ1) is 8.75. The Morgan fingerprint density at radius 1 is 1.22 bits per heavy atom. The van der Waals surface area contributed by atoms with Gasteiger partial charge in [-0.05, 0) is 31.0 Å². The molecule has 18 heavy (non-hydrogen) atoms. The zero-order valence-corrected chi connectivity index (χ0v) is 10.5. The molecule has 4 nitrogen and oxygen atoms in total. The van der Waals surface area contributed by atoms with Crippen molar-refractivity contribution in [2.24, 2.45) is 0 Å². The lowest BCUT2D eigenvalue weighted by Crippen LogP contribution is -2.04. The number of aryl methyl sites for hydroxylation is 2. The zero-order chi connectivity index (χ0) is 12.8. The van der Waals surface area contributed by atoms with Crippen LogP contribution in [0.1, 0.15) is 17.8 Å². The lowest BCUT2D eigenvalue weighted by atomic mass is 10.2. The van der Waals surface area contributed by atoms with Gasteiger partial charge in [-0.2, -0.15) is 0 Å². The van der Waals surface area contributed by atoms with Crippen LogP contribution in [0.3, 0.4) is 0 Å². The van der Waals surface area contributed by atoms with E-state index in [1.165, 1.54) is 0 Å². The lowest BCUT2D eigenvalue weighted by molar-refractivity contribution is 0.308. The number of anilines is 1. The number of nitrogens with zero attached hydrogens (tertiary/aromatic N) is 2. The van der Waals surface area contributed by atoms with E-state index in [1.807, 2.05) is 31.2 Å². The van der Waals surface area contributed by atoms with Crippen molar-refractivity contribution in [1.29, 1.82) is 0 Å². The van der Waals surface area contributed by atoms with Crippen molar-refractivity contribution >= 4 is 5.82 Å². The second-order valence-corrected chi connectivity index (χ2v) is 4.12. The average molecular weight is 243 g/mol. The number of hydrogen-bond donors (Lipinski definition) is 1. The zero-order valence-electron chi connectivity index (χ0n) is 10.5. The molecule has 0 radical (unpaired) electrons. The van der Waals surface area contributed by atoms with Crippen LogP contribution in [0.2, 0.25) is 0 Å². The van der Waals surface area contributed by atoms with Crippen LogP contribution in [0.5, 0.6) is 5.75 Å². The molecule has 0 saturated heterocycles. The van der Waals surface area contributed by atoms with Gasteiger partial charge >= 0.3 is 0 Å². The maximum Gasteiger partial charge on any atom is 0.130 e. The number of rotatable bonds is 5. The molecular formula is C14H17N3O. The third kappa shape index (κ3) is 3.45. The van der Waals surface area contributed by atoms with Crippen LogP contribution in [0, 0.1) is 6.92 Å². The molecule has 0 atom stereocenters. The number of aromatic nitrogens is 2. The highest BCUT2D eigenvalue weighted by molar-refractivity contribution is 5.31. The van der Waals surface area contributed by atoms with Gasteiger partial charge in [-0.3, -0.25) is 0 Å². The van der Waals surface area contributed by atoms with E-state index < -0.39 is 0 Å². The molecule has 0 aliphatic heterocycles. The summed E-state index contributed by atoms with van der Waals surface area (Å²) >= 11 is 0. The van der Waals surface area contributed by atoms with E-state index in [1.54, 1.807) is 12.3 Å². The minimum atomic E-state index is 0.514.